The molecule has 4 rings (SSSR count). The summed E-state index contributed by atoms with van der Waals surface area (Å²) in [6.45, 7) is 1.96. The highest BCUT2D eigenvalue weighted by molar-refractivity contribution is 6.32. The number of carbonyl (C=O) groups is 1. The van der Waals surface area contributed by atoms with Gasteiger partial charge in [0.25, 0.3) is 5.91 Å². The highest BCUT2D eigenvalue weighted by atomic mass is 35.5. The molecule has 0 spiro atoms. The van der Waals surface area contributed by atoms with Gasteiger partial charge in [-0.15, -0.1) is 0 Å². The second-order valence-electron chi connectivity index (χ2n) is 6.41. The molecule has 2 aromatic carbocycles. The lowest BCUT2D eigenvalue weighted by Gasteiger charge is -2.17. The quantitative estimate of drug-likeness (QED) is 0.916. The van der Waals surface area contributed by atoms with Crippen LogP contribution < -0.4 is 15.2 Å². The Hall–Kier alpha value is -2.24. The molecule has 2 heterocycles. The van der Waals surface area contributed by atoms with Crippen LogP contribution >= 0.6 is 11.6 Å². The molecule has 5 nitrogen and oxygen atoms in total. The Morgan fingerprint density at radius 1 is 1.20 bits per heavy atom. The molecule has 1 saturated heterocycles. The first kappa shape index (κ1) is 16.2. The Bertz CT molecular complexity index is 797. The van der Waals surface area contributed by atoms with Crippen LogP contribution in [0.2, 0.25) is 5.02 Å². The second-order valence-corrected chi connectivity index (χ2v) is 6.82. The van der Waals surface area contributed by atoms with E-state index in [0.717, 1.165) is 0 Å². The predicted octanol–water partition coefficient (Wildman–Crippen LogP) is 2.88. The maximum Gasteiger partial charge on any atom is 0.254 e. The van der Waals surface area contributed by atoms with Gasteiger partial charge in [0.2, 0.25) is 6.79 Å². The summed E-state index contributed by atoms with van der Waals surface area (Å²) < 4.78 is 10.7. The first-order valence-corrected chi connectivity index (χ1v) is 8.68. The third-order valence-electron chi connectivity index (χ3n) is 4.93. The smallest absolute Gasteiger partial charge is 0.254 e. The molecule has 1 fully saturated rings. The fraction of sp³-hybridized carbons (Fsp3) is 0.316. The molecular weight excluding hydrogens is 340 g/mol. The molecule has 2 atom stereocenters. The molecule has 2 aliphatic heterocycles. The first-order valence-electron chi connectivity index (χ1n) is 8.31. The normalized spacial score (nSPS) is 21.6. The number of ether oxygens (including phenoxy) is 2. The Morgan fingerprint density at radius 3 is 2.76 bits per heavy atom. The number of hydrogen-bond donors (Lipinski definition) is 1. The van der Waals surface area contributed by atoms with Crippen LogP contribution in [0.5, 0.6) is 11.5 Å². The van der Waals surface area contributed by atoms with E-state index in [1.165, 1.54) is 5.56 Å². The second kappa shape index (κ2) is 6.58. The monoisotopic (exact) mass is 358 g/mol. The average molecular weight is 359 g/mol. The van der Waals surface area contributed by atoms with Crippen molar-refractivity contribution < 1.29 is 14.3 Å². The summed E-state index contributed by atoms with van der Waals surface area (Å²) in [6.07, 6.45) is 0. The first-order chi connectivity index (χ1) is 12.2. The van der Waals surface area contributed by atoms with Gasteiger partial charge in [-0.1, -0.05) is 41.9 Å². The van der Waals surface area contributed by atoms with Gasteiger partial charge in [-0.25, -0.2) is 0 Å². The predicted molar refractivity (Wildman–Crippen MR) is 95.2 cm³/mol. The maximum absolute atomic E-state index is 13.0. The Balaban J connectivity index is 1.58. The molecule has 0 unspecified atom stereocenters. The molecule has 25 heavy (non-hydrogen) atoms. The van der Waals surface area contributed by atoms with Crippen molar-refractivity contribution in [1.82, 2.24) is 4.90 Å². The number of carbonyl (C=O) groups excluding carboxylic acids is 1. The summed E-state index contributed by atoms with van der Waals surface area (Å²) in [4.78, 5) is 14.8. The van der Waals surface area contributed by atoms with Gasteiger partial charge < -0.3 is 20.1 Å². The van der Waals surface area contributed by atoms with Crippen molar-refractivity contribution in [3.8, 4) is 11.5 Å². The molecule has 0 aromatic heterocycles. The molecular formula is C19H19ClN2O3. The molecule has 0 bridgehead atoms. The summed E-state index contributed by atoms with van der Waals surface area (Å²) in [5.41, 5.74) is 7.70. The van der Waals surface area contributed by atoms with Gasteiger partial charge in [-0.05, 0) is 30.2 Å². The van der Waals surface area contributed by atoms with Crippen LogP contribution in [0.15, 0.2) is 42.5 Å². The van der Waals surface area contributed by atoms with Crippen LogP contribution in [-0.4, -0.2) is 37.2 Å². The fourth-order valence-electron chi connectivity index (χ4n) is 3.63. The van der Waals surface area contributed by atoms with Crippen molar-refractivity contribution in [2.45, 2.75) is 5.92 Å². The van der Waals surface area contributed by atoms with Crippen molar-refractivity contribution in [3.63, 3.8) is 0 Å². The van der Waals surface area contributed by atoms with Crippen LogP contribution in [0.1, 0.15) is 21.8 Å². The number of benzene rings is 2. The Kier molecular flexibility index (Phi) is 4.27. The van der Waals surface area contributed by atoms with Crippen LogP contribution in [0.4, 0.5) is 0 Å². The zero-order chi connectivity index (χ0) is 17.4. The molecule has 2 aromatic rings. The largest absolute Gasteiger partial charge is 0.454 e. The van der Waals surface area contributed by atoms with Gasteiger partial charge >= 0.3 is 0 Å². The fourth-order valence-corrected chi connectivity index (χ4v) is 3.89. The minimum atomic E-state index is -0.0583. The van der Waals surface area contributed by atoms with E-state index in [1.807, 2.05) is 23.1 Å². The number of nitrogens with two attached hydrogens (primary N) is 1. The van der Waals surface area contributed by atoms with Crippen molar-refractivity contribution in [2.75, 3.05) is 26.4 Å². The van der Waals surface area contributed by atoms with E-state index >= 15 is 0 Å². The van der Waals surface area contributed by atoms with Gasteiger partial charge in [0.1, 0.15) is 0 Å². The Labute approximate surface area is 151 Å². The third kappa shape index (κ3) is 2.94. The van der Waals surface area contributed by atoms with Gasteiger partial charge in [0, 0.05) is 24.6 Å². The van der Waals surface area contributed by atoms with Crippen LogP contribution in [0, 0.1) is 5.92 Å². The molecule has 0 radical (unpaired) electrons. The van der Waals surface area contributed by atoms with E-state index in [4.69, 9.17) is 26.8 Å². The summed E-state index contributed by atoms with van der Waals surface area (Å²) in [7, 11) is 0. The van der Waals surface area contributed by atoms with Crippen LogP contribution in [0.25, 0.3) is 0 Å². The molecule has 1 amide bonds. The van der Waals surface area contributed by atoms with Crippen molar-refractivity contribution in [2.24, 2.45) is 11.7 Å². The minimum Gasteiger partial charge on any atom is -0.454 e. The standard InChI is InChI=1S/C19H19ClN2O3/c20-16-6-13(7-17-18(16)25-11-24-17)19(23)22-9-14(8-21)15(10-22)12-4-2-1-3-5-12/h1-7,14-15H,8-11,21H2/t14-,15+/m1/s1. The van der Waals surface area contributed by atoms with E-state index in [0.29, 0.717) is 41.7 Å². The number of hydrogen-bond acceptors (Lipinski definition) is 4. The van der Waals surface area contributed by atoms with Gasteiger partial charge in [-0.2, -0.15) is 0 Å². The summed E-state index contributed by atoms with van der Waals surface area (Å²) >= 11 is 6.21. The highest BCUT2D eigenvalue weighted by Crippen LogP contribution is 2.40. The maximum atomic E-state index is 13.0. The number of amides is 1. The van der Waals surface area contributed by atoms with Crippen LogP contribution in [-0.2, 0) is 0 Å². The number of rotatable bonds is 3. The summed E-state index contributed by atoms with van der Waals surface area (Å²) in [5, 5.41) is 0.396. The number of likely N-dealkylation sites (tertiary alicyclic amines) is 1. The molecule has 6 heteroatoms. The topological polar surface area (TPSA) is 64.8 Å². The lowest BCUT2D eigenvalue weighted by molar-refractivity contribution is 0.0786. The lowest BCUT2D eigenvalue weighted by atomic mass is 9.89. The van der Waals surface area contributed by atoms with E-state index in [-0.39, 0.29) is 24.5 Å². The lowest BCUT2D eigenvalue weighted by Crippen LogP contribution is -2.29. The molecule has 0 saturated carbocycles. The van der Waals surface area contributed by atoms with Gasteiger partial charge in [0.15, 0.2) is 11.5 Å². The van der Waals surface area contributed by atoms with Crippen molar-refractivity contribution in [1.29, 1.82) is 0 Å². The van der Waals surface area contributed by atoms with Gasteiger partial charge in [0.05, 0.1) is 5.02 Å². The van der Waals surface area contributed by atoms with Crippen LogP contribution in [0.3, 0.4) is 0 Å². The number of nitrogens with zero attached hydrogens (tertiary/aromatic N) is 1. The average Bonchev–Trinajstić information content (AvgIpc) is 3.28. The molecule has 0 aliphatic carbocycles. The number of halogens is 1. The molecule has 130 valence electrons. The molecule has 2 aliphatic rings. The SMILES string of the molecule is NC[C@@H]1CN(C(=O)c2cc(Cl)c3c(c2)OCO3)C[C@H]1c1ccccc1. The third-order valence-corrected chi connectivity index (χ3v) is 5.21. The van der Waals surface area contributed by atoms with E-state index in [1.54, 1.807) is 12.1 Å². The zero-order valence-electron chi connectivity index (χ0n) is 13.7. The Morgan fingerprint density at radius 2 is 2.00 bits per heavy atom. The van der Waals surface area contributed by atoms with E-state index < -0.39 is 0 Å². The van der Waals surface area contributed by atoms with Gasteiger partial charge in [-0.3, -0.25) is 4.79 Å². The van der Waals surface area contributed by atoms with E-state index in [9.17, 15) is 4.79 Å². The zero-order valence-corrected chi connectivity index (χ0v) is 14.4. The minimum absolute atomic E-state index is 0.0583. The number of fused-ring (bicyclic) bond motifs is 1. The summed E-state index contributed by atoms with van der Waals surface area (Å²) in [5.74, 6) is 1.46. The van der Waals surface area contributed by atoms with Crippen molar-refractivity contribution >= 4 is 17.5 Å². The molecule has 2 N–H and O–H groups in total. The van der Waals surface area contributed by atoms with E-state index in [2.05, 4.69) is 12.1 Å². The van der Waals surface area contributed by atoms with Crippen molar-refractivity contribution in [3.05, 3.63) is 58.6 Å². The highest BCUT2D eigenvalue weighted by Gasteiger charge is 2.36. The summed E-state index contributed by atoms with van der Waals surface area (Å²) in [6, 6.07) is 13.6.